The fraction of sp³-hybridized carbons (Fsp3) is 0.269. The van der Waals surface area contributed by atoms with E-state index in [0.29, 0.717) is 41.4 Å². The van der Waals surface area contributed by atoms with Crippen molar-refractivity contribution in [3.63, 3.8) is 0 Å². The van der Waals surface area contributed by atoms with Crippen LogP contribution in [0.4, 0.5) is 24.7 Å². The molecule has 5 aromatic rings. The number of alkyl halides is 3. The SMILES string of the molecule is Cc1ccc(Nc2ccc3c(c2)ncn3-c2ccc(C(C)O)c(-n3nc(C(F)(F)F)c4c3CCNC4)n2)nn1. The van der Waals surface area contributed by atoms with E-state index in [4.69, 9.17) is 4.98 Å². The average Bonchev–Trinajstić information content (AvgIpc) is 3.51. The van der Waals surface area contributed by atoms with E-state index >= 15 is 0 Å². The summed E-state index contributed by atoms with van der Waals surface area (Å²) in [5, 5.41) is 28.7. The first-order chi connectivity index (χ1) is 18.7. The van der Waals surface area contributed by atoms with Gasteiger partial charge in [0.2, 0.25) is 0 Å². The van der Waals surface area contributed by atoms with Gasteiger partial charge in [-0.2, -0.15) is 23.4 Å². The van der Waals surface area contributed by atoms with Crippen LogP contribution in [-0.4, -0.2) is 46.2 Å². The molecule has 3 N–H and O–H groups in total. The standard InChI is InChI=1S/C26H24F3N9O/c1-14-3-7-22(35-34-14)32-16-4-6-21-19(11-16)31-13-37(21)23-8-5-17(15(2)39)25(33-23)38-20-9-10-30-12-18(20)24(36-38)26(27,28)29/h3-8,11,13,15,30,39H,9-10,12H2,1-2H3,(H,32,35). The molecule has 0 fully saturated rings. The lowest BCUT2D eigenvalue weighted by molar-refractivity contribution is -0.142. The van der Waals surface area contributed by atoms with Gasteiger partial charge < -0.3 is 15.7 Å². The quantitative estimate of drug-likeness (QED) is 0.307. The number of hydrogen-bond acceptors (Lipinski definition) is 8. The van der Waals surface area contributed by atoms with E-state index in [0.717, 1.165) is 16.9 Å². The lowest BCUT2D eigenvalue weighted by Crippen LogP contribution is -2.26. The molecular weight excluding hydrogens is 511 g/mol. The van der Waals surface area contributed by atoms with Crippen LogP contribution >= 0.6 is 0 Å². The molecule has 1 atom stereocenters. The van der Waals surface area contributed by atoms with Crippen LogP contribution in [0, 0.1) is 6.92 Å². The molecule has 200 valence electrons. The van der Waals surface area contributed by atoms with Crippen LogP contribution in [0.25, 0.3) is 22.7 Å². The van der Waals surface area contributed by atoms with Crippen LogP contribution in [-0.2, 0) is 19.1 Å². The number of aromatic nitrogens is 7. The predicted octanol–water partition coefficient (Wildman–Crippen LogP) is 4.17. The van der Waals surface area contributed by atoms with Crippen molar-refractivity contribution in [3.05, 3.63) is 77.0 Å². The van der Waals surface area contributed by atoms with E-state index in [1.807, 2.05) is 37.3 Å². The first kappa shape index (κ1) is 24.9. The summed E-state index contributed by atoms with van der Waals surface area (Å²) in [6.07, 6.45) is -3.65. The molecule has 10 nitrogen and oxygen atoms in total. The molecule has 13 heteroatoms. The van der Waals surface area contributed by atoms with Crippen LogP contribution in [0.15, 0.2) is 48.8 Å². The molecule has 1 aromatic carbocycles. The second kappa shape index (κ2) is 9.43. The summed E-state index contributed by atoms with van der Waals surface area (Å²) >= 11 is 0. The number of nitrogens with zero attached hydrogens (tertiary/aromatic N) is 7. The van der Waals surface area contributed by atoms with E-state index in [9.17, 15) is 18.3 Å². The third-order valence-corrected chi connectivity index (χ3v) is 6.60. The summed E-state index contributed by atoms with van der Waals surface area (Å²) in [6, 6.07) is 12.6. The van der Waals surface area contributed by atoms with Gasteiger partial charge in [-0.25, -0.2) is 14.6 Å². The summed E-state index contributed by atoms with van der Waals surface area (Å²) in [7, 11) is 0. The monoisotopic (exact) mass is 535 g/mol. The number of aliphatic hydroxyl groups excluding tert-OH is 1. The highest BCUT2D eigenvalue weighted by Gasteiger charge is 2.40. The number of halogens is 3. The molecule has 1 aliphatic heterocycles. The first-order valence-corrected chi connectivity index (χ1v) is 12.3. The van der Waals surface area contributed by atoms with Gasteiger partial charge in [0, 0.05) is 36.3 Å². The Morgan fingerprint density at radius 1 is 1.10 bits per heavy atom. The number of rotatable bonds is 5. The molecule has 0 spiro atoms. The smallest absolute Gasteiger partial charge is 0.389 e. The number of aliphatic hydroxyl groups is 1. The highest BCUT2D eigenvalue weighted by atomic mass is 19.4. The van der Waals surface area contributed by atoms with Crippen molar-refractivity contribution in [2.24, 2.45) is 0 Å². The maximum atomic E-state index is 13.8. The van der Waals surface area contributed by atoms with Crippen molar-refractivity contribution < 1.29 is 18.3 Å². The minimum absolute atomic E-state index is 0.0601. The van der Waals surface area contributed by atoms with E-state index in [1.165, 1.54) is 4.68 Å². The van der Waals surface area contributed by atoms with Gasteiger partial charge in [0.1, 0.15) is 12.1 Å². The molecule has 4 aromatic heterocycles. The summed E-state index contributed by atoms with van der Waals surface area (Å²) in [5.74, 6) is 1.17. The largest absolute Gasteiger partial charge is 0.435 e. The Hall–Kier alpha value is -4.36. The van der Waals surface area contributed by atoms with Crippen LogP contribution in [0.1, 0.15) is 41.2 Å². The maximum Gasteiger partial charge on any atom is 0.435 e. The zero-order chi connectivity index (χ0) is 27.3. The Morgan fingerprint density at radius 3 is 2.69 bits per heavy atom. The van der Waals surface area contributed by atoms with Crippen LogP contribution in [0.3, 0.4) is 0 Å². The second-order valence-electron chi connectivity index (χ2n) is 9.37. The zero-order valence-corrected chi connectivity index (χ0v) is 21.0. The molecule has 1 aliphatic rings. The number of aryl methyl sites for hydroxylation is 1. The normalized spacial score (nSPS) is 14.4. The van der Waals surface area contributed by atoms with Gasteiger partial charge >= 0.3 is 6.18 Å². The van der Waals surface area contributed by atoms with Gasteiger partial charge in [-0.1, -0.05) is 0 Å². The minimum Gasteiger partial charge on any atom is -0.389 e. The fourth-order valence-electron chi connectivity index (χ4n) is 4.72. The lowest BCUT2D eigenvalue weighted by atomic mass is 10.1. The molecule has 0 aliphatic carbocycles. The fourth-order valence-corrected chi connectivity index (χ4v) is 4.72. The third kappa shape index (κ3) is 4.59. The Labute approximate surface area is 220 Å². The number of nitrogens with one attached hydrogen (secondary N) is 2. The van der Waals surface area contributed by atoms with Crippen molar-refractivity contribution in [1.82, 2.24) is 39.8 Å². The van der Waals surface area contributed by atoms with E-state index < -0.39 is 18.0 Å². The lowest BCUT2D eigenvalue weighted by Gasteiger charge is -2.18. The van der Waals surface area contributed by atoms with Gasteiger partial charge in [-0.15, -0.1) is 5.10 Å². The third-order valence-electron chi connectivity index (χ3n) is 6.60. The number of anilines is 2. The van der Waals surface area contributed by atoms with Gasteiger partial charge in [-0.05, 0) is 56.3 Å². The average molecular weight is 536 g/mol. The summed E-state index contributed by atoms with van der Waals surface area (Å²) < 4.78 is 44.5. The molecular formula is C26H24F3N9O. The van der Waals surface area contributed by atoms with Crippen molar-refractivity contribution in [2.45, 2.75) is 39.1 Å². The van der Waals surface area contributed by atoms with Crippen LogP contribution < -0.4 is 10.6 Å². The molecule has 0 saturated carbocycles. The number of hydrogen-bond donors (Lipinski definition) is 3. The highest BCUT2D eigenvalue weighted by Crippen LogP contribution is 2.36. The van der Waals surface area contributed by atoms with Crippen molar-refractivity contribution in [3.8, 4) is 11.6 Å². The van der Waals surface area contributed by atoms with Gasteiger partial charge in [0.15, 0.2) is 17.3 Å². The number of pyridine rings is 1. The Morgan fingerprint density at radius 2 is 1.95 bits per heavy atom. The van der Waals surface area contributed by atoms with E-state index in [2.05, 4.69) is 30.9 Å². The molecule has 39 heavy (non-hydrogen) atoms. The van der Waals surface area contributed by atoms with Crippen molar-refractivity contribution in [2.75, 3.05) is 11.9 Å². The van der Waals surface area contributed by atoms with E-state index in [-0.39, 0.29) is 17.9 Å². The number of imidazole rings is 1. The predicted molar refractivity (Wildman–Crippen MR) is 137 cm³/mol. The molecule has 0 saturated heterocycles. The highest BCUT2D eigenvalue weighted by molar-refractivity contribution is 5.82. The minimum atomic E-state index is -4.62. The summed E-state index contributed by atoms with van der Waals surface area (Å²) in [5.41, 5.74) is 2.94. The van der Waals surface area contributed by atoms with Crippen molar-refractivity contribution in [1.29, 1.82) is 0 Å². The molecule has 1 unspecified atom stereocenters. The Bertz CT molecular complexity index is 1670. The van der Waals surface area contributed by atoms with E-state index in [1.54, 1.807) is 30.0 Å². The maximum absolute atomic E-state index is 13.8. The van der Waals surface area contributed by atoms with Gasteiger partial charge in [0.25, 0.3) is 0 Å². The Kier molecular flexibility index (Phi) is 6.03. The number of fused-ring (bicyclic) bond motifs is 2. The van der Waals surface area contributed by atoms with Crippen LogP contribution in [0.2, 0.25) is 0 Å². The zero-order valence-electron chi connectivity index (χ0n) is 21.0. The summed E-state index contributed by atoms with van der Waals surface area (Å²) in [4.78, 5) is 9.20. The number of benzene rings is 1. The Balaban J connectivity index is 1.43. The molecule has 0 bridgehead atoms. The van der Waals surface area contributed by atoms with Crippen LogP contribution in [0.5, 0.6) is 0 Å². The topological polar surface area (TPSA) is 119 Å². The molecule has 0 amide bonds. The van der Waals surface area contributed by atoms with Gasteiger partial charge in [-0.3, -0.25) is 4.57 Å². The molecule has 5 heterocycles. The molecule has 0 radical (unpaired) electrons. The van der Waals surface area contributed by atoms with Crippen molar-refractivity contribution >= 4 is 22.5 Å². The second-order valence-corrected chi connectivity index (χ2v) is 9.37. The molecule has 6 rings (SSSR count). The summed E-state index contributed by atoms with van der Waals surface area (Å²) in [6.45, 7) is 3.97. The first-order valence-electron chi connectivity index (χ1n) is 12.3. The van der Waals surface area contributed by atoms with Gasteiger partial charge in [0.05, 0.1) is 28.5 Å².